The molecule has 7 nitrogen and oxygen atoms in total. The topological polar surface area (TPSA) is 80.1 Å². The number of methoxy groups -OCH3 is 1. The Morgan fingerprint density at radius 1 is 1.13 bits per heavy atom. The molecule has 3 aromatic carbocycles. The SMILES string of the molecule is COc1ccc([N+](=O)[O-])cc1OCc1cc(F)cc2c1O[C@@H](c1ccccc1)OC2. The lowest BCUT2D eigenvalue weighted by molar-refractivity contribution is -0.385. The molecule has 0 saturated heterocycles. The predicted octanol–water partition coefficient (Wildman–Crippen LogP) is 4.93. The zero-order chi connectivity index (χ0) is 21.1. The number of nitrogens with zero attached hydrogens (tertiary/aromatic N) is 1. The highest BCUT2D eigenvalue weighted by Crippen LogP contribution is 2.38. The van der Waals surface area contributed by atoms with Crippen molar-refractivity contribution < 1.29 is 28.3 Å². The second-order valence-corrected chi connectivity index (χ2v) is 6.61. The predicted molar refractivity (Wildman–Crippen MR) is 105 cm³/mol. The average molecular weight is 411 g/mol. The number of non-ortho nitro benzene ring substituents is 1. The summed E-state index contributed by atoms with van der Waals surface area (Å²) in [6.45, 7) is 0.110. The van der Waals surface area contributed by atoms with Gasteiger partial charge in [-0.1, -0.05) is 30.3 Å². The molecular formula is C22H18FNO6. The van der Waals surface area contributed by atoms with E-state index in [1.54, 1.807) is 0 Å². The van der Waals surface area contributed by atoms with Crippen LogP contribution in [-0.4, -0.2) is 12.0 Å². The Hall–Kier alpha value is -3.65. The molecule has 0 unspecified atom stereocenters. The minimum atomic E-state index is -0.629. The summed E-state index contributed by atoms with van der Waals surface area (Å²) in [5, 5.41) is 11.1. The van der Waals surface area contributed by atoms with Crippen molar-refractivity contribution in [3.05, 3.63) is 93.3 Å². The maximum absolute atomic E-state index is 14.1. The van der Waals surface area contributed by atoms with Crippen LogP contribution < -0.4 is 14.2 Å². The number of ether oxygens (including phenoxy) is 4. The molecule has 154 valence electrons. The first-order valence-electron chi connectivity index (χ1n) is 9.15. The summed E-state index contributed by atoms with van der Waals surface area (Å²) in [4.78, 5) is 10.5. The largest absolute Gasteiger partial charge is 0.493 e. The first-order chi connectivity index (χ1) is 14.5. The van der Waals surface area contributed by atoms with Gasteiger partial charge in [-0.3, -0.25) is 10.1 Å². The molecule has 0 aliphatic carbocycles. The van der Waals surface area contributed by atoms with Gasteiger partial charge in [0.2, 0.25) is 6.29 Å². The molecule has 1 aliphatic rings. The third kappa shape index (κ3) is 4.04. The van der Waals surface area contributed by atoms with Crippen LogP contribution in [0.5, 0.6) is 17.2 Å². The molecular weight excluding hydrogens is 393 g/mol. The molecule has 0 aromatic heterocycles. The van der Waals surface area contributed by atoms with Gasteiger partial charge in [-0.2, -0.15) is 0 Å². The number of nitro groups is 1. The molecule has 30 heavy (non-hydrogen) atoms. The summed E-state index contributed by atoms with van der Waals surface area (Å²) in [7, 11) is 1.43. The van der Waals surface area contributed by atoms with Crippen LogP contribution in [0.4, 0.5) is 10.1 Å². The first kappa shape index (κ1) is 19.7. The number of halogens is 1. The van der Waals surface area contributed by atoms with E-state index in [-0.39, 0.29) is 24.7 Å². The van der Waals surface area contributed by atoms with Gasteiger partial charge < -0.3 is 18.9 Å². The fourth-order valence-electron chi connectivity index (χ4n) is 3.21. The molecule has 0 spiro atoms. The molecule has 0 bridgehead atoms. The normalized spacial score (nSPS) is 15.1. The number of benzene rings is 3. The van der Waals surface area contributed by atoms with E-state index in [0.717, 1.165) is 5.56 Å². The summed E-state index contributed by atoms with van der Waals surface area (Å²) < 4.78 is 36.8. The van der Waals surface area contributed by atoms with E-state index >= 15 is 0 Å². The summed E-state index contributed by atoms with van der Waals surface area (Å²) in [5.74, 6) is 0.526. The van der Waals surface area contributed by atoms with E-state index in [1.165, 1.54) is 37.4 Å². The molecule has 1 aliphatic heterocycles. The van der Waals surface area contributed by atoms with Crippen LogP contribution in [0.25, 0.3) is 0 Å². The molecule has 0 fully saturated rings. The smallest absolute Gasteiger partial charge is 0.273 e. The maximum atomic E-state index is 14.1. The van der Waals surface area contributed by atoms with Gasteiger partial charge in [0.05, 0.1) is 24.7 Å². The van der Waals surface area contributed by atoms with E-state index in [0.29, 0.717) is 22.6 Å². The van der Waals surface area contributed by atoms with E-state index in [4.69, 9.17) is 18.9 Å². The molecule has 0 saturated carbocycles. The van der Waals surface area contributed by atoms with Gasteiger partial charge in [-0.15, -0.1) is 0 Å². The summed E-state index contributed by atoms with van der Waals surface area (Å²) in [6.07, 6.45) is -0.629. The van der Waals surface area contributed by atoms with Gasteiger partial charge >= 0.3 is 0 Å². The zero-order valence-corrected chi connectivity index (χ0v) is 16.0. The van der Waals surface area contributed by atoms with Crippen molar-refractivity contribution >= 4 is 5.69 Å². The van der Waals surface area contributed by atoms with Crippen LogP contribution in [-0.2, 0) is 18.0 Å². The van der Waals surface area contributed by atoms with Crippen LogP contribution in [0, 0.1) is 15.9 Å². The number of hydrogen-bond acceptors (Lipinski definition) is 6. The average Bonchev–Trinajstić information content (AvgIpc) is 2.77. The number of hydrogen-bond donors (Lipinski definition) is 0. The van der Waals surface area contributed by atoms with Crippen molar-refractivity contribution in [2.75, 3.05) is 7.11 Å². The number of rotatable bonds is 6. The Morgan fingerprint density at radius 3 is 2.67 bits per heavy atom. The van der Waals surface area contributed by atoms with Crippen molar-refractivity contribution in [3.63, 3.8) is 0 Å². The van der Waals surface area contributed by atoms with Crippen molar-refractivity contribution in [1.29, 1.82) is 0 Å². The van der Waals surface area contributed by atoms with E-state index < -0.39 is 17.0 Å². The first-order valence-corrected chi connectivity index (χ1v) is 9.15. The second-order valence-electron chi connectivity index (χ2n) is 6.61. The van der Waals surface area contributed by atoms with Gasteiger partial charge in [-0.05, 0) is 18.2 Å². The fraction of sp³-hybridized carbons (Fsp3) is 0.182. The molecule has 0 amide bonds. The molecule has 0 N–H and O–H groups in total. The Balaban J connectivity index is 1.61. The Morgan fingerprint density at radius 2 is 1.93 bits per heavy atom. The third-order valence-corrected chi connectivity index (χ3v) is 4.64. The monoisotopic (exact) mass is 411 g/mol. The summed E-state index contributed by atoms with van der Waals surface area (Å²) in [5.41, 5.74) is 1.72. The minimum Gasteiger partial charge on any atom is -0.493 e. The van der Waals surface area contributed by atoms with Crippen LogP contribution in [0.15, 0.2) is 60.7 Å². The highest BCUT2D eigenvalue weighted by atomic mass is 19.1. The van der Waals surface area contributed by atoms with Gasteiger partial charge in [-0.25, -0.2) is 4.39 Å². The van der Waals surface area contributed by atoms with Crippen molar-refractivity contribution in [2.45, 2.75) is 19.5 Å². The Labute approximate surface area is 171 Å². The molecule has 1 heterocycles. The number of fused-ring (bicyclic) bond motifs is 1. The Kier molecular flexibility index (Phi) is 5.49. The molecule has 0 radical (unpaired) electrons. The van der Waals surface area contributed by atoms with Crippen LogP contribution >= 0.6 is 0 Å². The Bertz CT molecular complexity index is 1070. The second kappa shape index (κ2) is 8.38. The van der Waals surface area contributed by atoms with E-state index in [9.17, 15) is 14.5 Å². The van der Waals surface area contributed by atoms with Crippen molar-refractivity contribution in [2.24, 2.45) is 0 Å². The highest BCUT2D eigenvalue weighted by Gasteiger charge is 2.25. The van der Waals surface area contributed by atoms with E-state index in [1.807, 2.05) is 30.3 Å². The van der Waals surface area contributed by atoms with Gasteiger partial charge in [0, 0.05) is 22.8 Å². The molecule has 4 rings (SSSR count). The fourth-order valence-corrected chi connectivity index (χ4v) is 3.21. The van der Waals surface area contributed by atoms with Crippen LogP contribution in [0.1, 0.15) is 23.0 Å². The van der Waals surface area contributed by atoms with Gasteiger partial charge in [0.1, 0.15) is 18.2 Å². The van der Waals surface area contributed by atoms with Gasteiger partial charge in [0.15, 0.2) is 11.5 Å². The lowest BCUT2D eigenvalue weighted by Gasteiger charge is -2.28. The van der Waals surface area contributed by atoms with Crippen LogP contribution in [0.2, 0.25) is 0 Å². The van der Waals surface area contributed by atoms with Crippen LogP contribution in [0.3, 0.4) is 0 Å². The zero-order valence-electron chi connectivity index (χ0n) is 16.0. The molecule has 1 atom stereocenters. The maximum Gasteiger partial charge on any atom is 0.273 e. The summed E-state index contributed by atoms with van der Waals surface area (Å²) in [6, 6.07) is 16.1. The lowest BCUT2D eigenvalue weighted by Crippen LogP contribution is -2.19. The standard InChI is InChI=1S/C22H18FNO6/c1-27-19-8-7-18(24(25)26)11-20(19)28-12-15-9-17(23)10-16-13-29-22(30-21(15)16)14-5-3-2-4-6-14/h2-11,22H,12-13H2,1H3/t22-/m0/s1. The molecule has 8 heteroatoms. The lowest BCUT2D eigenvalue weighted by atomic mass is 10.1. The molecule has 3 aromatic rings. The van der Waals surface area contributed by atoms with E-state index in [2.05, 4.69) is 0 Å². The third-order valence-electron chi connectivity index (χ3n) is 4.64. The highest BCUT2D eigenvalue weighted by molar-refractivity contribution is 5.49. The van der Waals surface area contributed by atoms with Crippen molar-refractivity contribution in [3.8, 4) is 17.2 Å². The van der Waals surface area contributed by atoms with Crippen molar-refractivity contribution in [1.82, 2.24) is 0 Å². The minimum absolute atomic E-state index is 0.0703. The van der Waals surface area contributed by atoms with Gasteiger partial charge in [0.25, 0.3) is 5.69 Å². The summed E-state index contributed by atoms with van der Waals surface area (Å²) >= 11 is 0. The number of nitro benzene ring substituents is 1. The quantitative estimate of drug-likeness (QED) is 0.423.